The van der Waals surface area contributed by atoms with Gasteiger partial charge in [0.15, 0.2) is 6.61 Å². The smallest absolute Gasteiger partial charge is 0.262 e. The second kappa shape index (κ2) is 9.62. The number of carbonyl (C=O) groups is 2. The highest BCUT2D eigenvalue weighted by molar-refractivity contribution is 7.17. The van der Waals surface area contributed by atoms with Crippen molar-refractivity contribution in [2.24, 2.45) is 0 Å². The van der Waals surface area contributed by atoms with Gasteiger partial charge in [-0.2, -0.15) is 0 Å². The summed E-state index contributed by atoms with van der Waals surface area (Å²) >= 11 is 1.52. The molecule has 2 N–H and O–H groups in total. The molecule has 0 spiro atoms. The molecule has 0 bridgehead atoms. The second-order valence-electron chi connectivity index (χ2n) is 7.86. The number of hydrogen-bond donors (Lipinski definition) is 2. The number of rotatable bonds is 7. The Balaban J connectivity index is 1.45. The van der Waals surface area contributed by atoms with Gasteiger partial charge in [-0.25, -0.2) is 0 Å². The van der Waals surface area contributed by atoms with Gasteiger partial charge in [-0.3, -0.25) is 9.59 Å². The Labute approximate surface area is 181 Å². The van der Waals surface area contributed by atoms with Crippen LogP contribution in [0.1, 0.15) is 52.0 Å². The Kier molecular flexibility index (Phi) is 6.69. The molecule has 4 rings (SSSR count). The van der Waals surface area contributed by atoms with E-state index in [2.05, 4.69) is 10.6 Å². The van der Waals surface area contributed by atoms with E-state index in [0.717, 1.165) is 56.3 Å². The van der Waals surface area contributed by atoms with Crippen LogP contribution in [0.25, 0.3) is 0 Å². The molecule has 2 heterocycles. The molecule has 0 unspecified atom stereocenters. The molecule has 1 aromatic carbocycles. The summed E-state index contributed by atoms with van der Waals surface area (Å²) in [6.07, 6.45) is 6.13. The van der Waals surface area contributed by atoms with Gasteiger partial charge in [-0.1, -0.05) is 18.2 Å². The van der Waals surface area contributed by atoms with Gasteiger partial charge in [0.2, 0.25) is 0 Å². The molecule has 160 valence electrons. The highest BCUT2D eigenvalue weighted by Crippen LogP contribution is 2.38. The number of thiophene rings is 1. The Morgan fingerprint density at radius 2 is 2.03 bits per heavy atom. The zero-order valence-electron chi connectivity index (χ0n) is 17.3. The summed E-state index contributed by atoms with van der Waals surface area (Å²) in [5.74, 6) is 0.303. The normalized spacial score (nSPS) is 18.0. The van der Waals surface area contributed by atoms with Gasteiger partial charge in [0.05, 0.1) is 11.7 Å². The van der Waals surface area contributed by atoms with E-state index in [9.17, 15) is 9.59 Å². The van der Waals surface area contributed by atoms with Crippen LogP contribution in [0.3, 0.4) is 0 Å². The Morgan fingerprint density at radius 1 is 1.20 bits per heavy atom. The van der Waals surface area contributed by atoms with E-state index >= 15 is 0 Å². The van der Waals surface area contributed by atoms with Crippen LogP contribution in [0.5, 0.6) is 5.75 Å². The lowest BCUT2D eigenvalue weighted by atomic mass is 9.95. The van der Waals surface area contributed by atoms with E-state index in [-0.39, 0.29) is 24.5 Å². The van der Waals surface area contributed by atoms with Crippen LogP contribution in [0, 0.1) is 6.92 Å². The third kappa shape index (κ3) is 4.84. The fourth-order valence-corrected chi connectivity index (χ4v) is 5.32. The summed E-state index contributed by atoms with van der Waals surface area (Å²) in [4.78, 5) is 26.8. The first-order valence-corrected chi connectivity index (χ1v) is 11.5. The van der Waals surface area contributed by atoms with Gasteiger partial charge in [-0.05, 0) is 62.6 Å². The van der Waals surface area contributed by atoms with Crippen LogP contribution in [0.2, 0.25) is 0 Å². The van der Waals surface area contributed by atoms with Crippen LogP contribution in [-0.4, -0.2) is 37.7 Å². The predicted octanol–water partition coefficient (Wildman–Crippen LogP) is 3.86. The van der Waals surface area contributed by atoms with E-state index in [1.54, 1.807) is 0 Å². The van der Waals surface area contributed by atoms with Gasteiger partial charge >= 0.3 is 0 Å². The molecule has 0 saturated carbocycles. The number of amides is 2. The summed E-state index contributed by atoms with van der Waals surface area (Å²) in [5, 5.41) is 6.57. The predicted molar refractivity (Wildman–Crippen MR) is 118 cm³/mol. The average molecular weight is 429 g/mol. The monoisotopic (exact) mass is 428 g/mol. The van der Waals surface area contributed by atoms with Gasteiger partial charge < -0.3 is 20.1 Å². The minimum atomic E-state index is -0.259. The van der Waals surface area contributed by atoms with Gasteiger partial charge in [0.1, 0.15) is 10.8 Å². The summed E-state index contributed by atoms with van der Waals surface area (Å²) in [5.41, 5.74) is 2.69. The lowest BCUT2D eigenvalue weighted by Gasteiger charge is -2.15. The number of benzene rings is 1. The van der Waals surface area contributed by atoms with Crippen molar-refractivity contribution in [1.29, 1.82) is 0 Å². The number of para-hydroxylation sites is 1. The van der Waals surface area contributed by atoms with E-state index in [1.807, 2.05) is 31.2 Å². The molecular weight excluding hydrogens is 400 g/mol. The average Bonchev–Trinajstić information content (AvgIpc) is 3.39. The first-order chi connectivity index (χ1) is 14.6. The number of carbonyl (C=O) groups excluding carboxylic acids is 2. The zero-order chi connectivity index (χ0) is 20.9. The molecule has 2 aromatic rings. The van der Waals surface area contributed by atoms with Crippen molar-refractivity contribution in [1.82, 2.24) is 5.32 Å². The van der Waals surface area contributed by atoms with Gasteiger partial charge in [0, 0.05) is 18.0 Å². The first kappa shape index (κ1) is 20.9. The molecule has 2 amide bonds. The topological polar surface area (TPSA) is 76.7 Å². The van der Waals surface area contributed by atoms with Crippen molar-refractivity contribution >= 4 is 28.2 Å². The molecule has 6 nitrogen and oxygen atoms in total. The molecule has 1 fully saturated rings. The zero-order valence-corrected chi connectivity index (χ0v) is 18.1. The first-order valence-electron chi connectivity index (χ1n) is 10.6. The van der Waals surface area contributed by atoms with Crippen molar-refractivity contribution in [2.45, 2.75) is 51.6 Å². The standard InChI is InChI=1S/C23H28N2O4S/c1-15-7-2-4-10-18(15)29-14-20(26)25-23-21(17-9-3-5-11-19(17)30-23)22(27)24-13-16-8-6-12-28-16/h2,4,7,10,16H,3,5-6,8-9,11-14H2,1H3,(H,24,27)(H,25,26)/t16-/m0/s1. The molecule has 2 aliphatic rings. The maximum absolute atomic E-state index is 13.0. The Hall–Kier alpha value is -2.38. The third-order valence-corrected chi connectivity index (χ3v) is 6.83. The molecule has 1 atom stereocenters. The largest absolute Gasteiger partial charge is 0.483 e. The van der Waals surface area contributed by atoms with Crippen LogP contribution in [0.15, 0.2) is 24.3 Å². The van der Waals surface area contributed by atoms with Gasteiger partial charge in [-0.15, -0.1) is 11.3 Å². The minimum Gasteiger partial charge on any atom is -0.483 e. The van der Waals surface area contributed by atoms with Crippen molar-refractivity contribution in [3.8, 4) is 5.75 Å². The molecule has 1 aliphatic heterocycles. The fraction of sp³-hybridized carbons (Fsp3) is 0.478. The van der Waals surface area contributed by atoms with Gasteiger partial charge in [0.25, 0.3) is 11.8 Å². The van der Waals surface area contributed by atoms with E-state index in [0.29, 0.717) is 22.9 Å². The molecule has 0 radical (unpaired) electrons. The van der Waals surface area contributed by atoms with Crippen LogP contribution >= 0.6 is 11.3 Å². The van der Waals surface area contributed by atoms with Crippen LogP contribution in [-0.2, 0) is 22.4 Å². The highest BCUT2D eigenvalue weighted by atomic mass is 32.1. The number of fused-ring (bicyclic) bond motifs is 1. The summed E-state index contributed by atoms with van der Waals surface area (Å²) in [6, 6.07) is 7.59. The number of ether oxygens (including phenoxy) is 2. The maximum Gasteiger partial charge on any atom is 0.262 e. The summed E-state index contributed by atoms with van der Waals surface area (Å²) in [6.45, 7) is 3.12. The fourth-order valence-electron chi connectivity index (χ4n) is 4.02. The summed E-state index contributed by atoms with van der Waals surface area (Å²) < 4.78 is 11.3. The molecule has 7 heteroatoms. The second-order valence-corrected chi connectivity index (χ2v) is 8.97. The van der Waals surface area contributed by atoms with Crippen molar-refractivity contribution in [3.63, 3.8) is 0 Å². The molecular formula is C23H28N2O4S. The van der Waals surface area contributed by atoms with Crippen LogP contribution in [0.4, 0.5) is 5.00 Å². The van der Waals surface area contributed by atoms with E-state index in [1.165, 1.54) is 16.2 Å². The highest BCUT2D eigenvalue weighted by Gasteiger charge is 2.27. The van der Waals surface area contributed by atoms with E-state index < -0.39 is 0 Å². The third-order valence-electron chi connectivity index (χ3n) is 5.62. The number of aryl methyl sites for hydroxylation is 2. The Bertz CT molecular complexity index is 918. The lowest BCUT2D eigenvalue weighted by molar-refractivity contribution is -0.118. The van der Waals surface area contributed by atoms with Crippen LogP contribution < -0.4 is 15.4 Å². The minimum absolute atomic E-state index is 0.0870. The number of anilines is 1. The number of nitrogens with one attached hydrogen (secondary N) is 2. The summed E-state index contributed by atoms with van der Waals surface area (Å²) in [7, 11) is 0. The maximum atomic E-state index is 13.0. The molecule has 1 aliphatic carbocycles. The SMILES string of the molecule is Cc1ccccc1OCC(=O)Nc1sc2c(c1C(=O)NC[C@@H]1CCCO1)CCCC2. The molecule has 1 aromatic heterocycles. The quantitative estimate of drug-likeness (QED) is 0.702. The van der Waals surface area contributed by atoms with Crippen molar-refractivity contribution in [2.75, 3.05) is 25.1 Å². The number of hydrogen-bond acceptors (Lipinski definition) is 5. The van der Waals surface area contributed by atoms with Crippen molar-refractivity contribution < 1.29 is 19.1 Å². The van der Waals surface area contributed by atoms with Crippen molar-refractivity contribution in [3.05, 3.63) is 45.8 Å². The lowest BCUT2D eigenvalue weighted by Crippen LogP contribution is -2.33. The molecule has 1 saturated heterocycles. The van der Waals surface area contributed by atoms with E-state index in [4.69, 9.17) is 9.47 Å². The molecule has 30 heavy (non-hydrogen) atoms. The Morgan fingerprint density at radius 3 is 2.83 bits per heavy atom.